The summed E-state index contributed by atoms with van der Waals surface area (Å²) in [7, 11) is 0. The van der Waals surface area contributed by atoms with Gasteiger partial charge in [-0.3, -0.25) is 9.59 Å². The summed E-state index contributed by atoms with van der Waals surface area (Å²) in [6, 6.07) is 14.4. The second-order valence-electron chi connectivity index (χ2n) is 5.25. The number of para-hydroxylation sites is 1. The number of amides is 2. The van der Waals surface area contributed by atoms with Gasteiger partial charge in [-0.25, -0.2) is 9.18 Å². The number of carbonyl (C=O) groups excluding carboxylic acids is 3. The smallest absolute Gasteiger partial charge is 0.355 e. The number of anilines is 1. The van der Waals surface area contributed by atoms with Crippen molar-refractivity contribution in [2.24, 2.45) is 0 Å². The maximum atomic E-state index is 13.5. The fourth-order valence-corrected chi connectivity index (χ4v) is 2.01. The first-order valence-electron chi connectivity index (χ1n) is 7.71. The van der Waals surface area contributed by atoms with Gasteiger partial charge in [0.05, 0.1) is 5.69 Å². The Morgan fingerprint density at radius 3 is 2.35 bits per heavy atom. The van der Waals surface area contributed by atoms with Crippen LogP contribution >= 0.6 is 0 Å². The van der Waals surface area contributed by atoms with Gasteiger partial charge in [0.2, 0.25) is 5.91 Å². The van der Waals surface area contributed by atoms with Gasteiger partial charge < -0.3 is 15.4 Å². The van der Waals surface area contributed by atoms with E-state index >= 15 is 0 Å². The quantitative estimate of drug-likeness (QED) is 0.615. The highest BCUT2D eigenvalue weighted by atomic mass is 19.1. The minimum Gasteiger partial charge on any atom is -0.451 e. The highest BCUT2D eigenvalue weighted by Gasteiger charge is 2.15. The van der Waals surface area contributed by atoms with Gasteiger partial charge in [0.25, 0.3) is 5.91 Å². The normalized spacial score (nSPS) is 10.8. The van der Waals surface area contributed by atoms with E-state index < -0.39 is 30.2 Å². The number of carbonyl (C=O) groups is 3. The third-order valence-corrected chi connectivity index (χ3v) is 3.12. The van der Waals surface area contributed by atoms with Crippen molar-refractivity contribution in [3.05, 3.63) is 71.7 Å². The third-order valence-electron chi connectivity index (χ3n) is 3.12. The van der Waals surface area contributed by atoms with E-state index in [4.69, 9.17) is 4.74 Å². The molecule has 0 aliphatic rings. The molecular weight excluding hydrogens is 339 g/mol. The summed E-state index contributed by atoms with van der Waals surface area (Å²) in [4.78, 5) is 35.2. The van der Waals surface area contributed by atoms with Gasteiger partial charge in [-0.15, -0.1) is 0 Å². The number of hydrogen-bond donors (Lipinski definition) is 2. The molecule has 2 aromatic carbocycles. The van der Waals surface area contributed by atoms with Crippen LogP contribution in [0.2, 0.25) is 0 Å². The van der Waals surface area contributed by atoms with E-state index in [9.17, 15) is 18.8 Å². The minimum atomic E-state index is -0.882. The molecule has 6 nitrogen and oxygen atoms in total. The van der Waals surface area contributed by atoms with E-state index in [1.54, 1.807) is 36.4 Å². The van der Waals surface area contributed by atoms with E-state index in [1.807, 2.05) is 0 Å². The molecule has 26 heavy (non-hydrogen) atoms. The Morgan fingerprint density at radius 1 is 1.04 bits per heavy atom. The van der Waals surface area contributed by atoms with Crippen LogP contribution in [-0.2, 0) is 19.1 Å². The van der Waals surface area contributed by atoms with Crippen LogP contribution in [0.3, 0.4) is 0 Å². The number of benzene rings is 2. The van der Waals surface area contributed by atoms with Gasteiger partial charge in [-0.1, -0.05) is 42.5 Å². The summed E-state index contributed by atoms with van der Waals surface area (Å²) in [6.07, 6.45) is 1.43. The second-order valence-corrected chi connectivity index (χ2v) is 5.25. The van der Waals surface area contributed by atoms with Crippen molar-refractivity contribution in [3.8, 4) is 0 Å². The van der Waals surface area contributed by atoms with Crippen LogP contribution in [0.5, 0.6) is 0 Å². The lowest BCUT2D eigenvalue weighted by Gasteiger charge is -2.10. The predicted molar refractivity (Wildman–Crippen MR) is 94.2 cm³/mol. The number of ether oxygens (including phenoxy) is 1. The van der Waals surface area contributed by atoms with Crippen LogP contribution in [0.25, 0.3) is 6.08 Å². The fourth-order valence-electron chi connectivity index (χ4n) is 2.01. The van der Waals surface area contributed by atoms with Crippen molar-refractivity contribution in [3.63, 3.8) is 0 Å². The molecule has 0 heterocycles. The molecule has 0 aliphatic carbocycles. The van der Waals surface area contributed by atoms with Crippen LogP contribution < -0.4 is 10.6 Å². The number of esters is 1. The summed E-state index contributed by atoms with van der Waals surface area (Å²) in [5, 5.41) is 4.66. The first kappa shape index (κ1) is 18.9. The maximum Gasteiger partial charge on any atom is 0.355 e. The van der Waals surface area contributed by atoms with Crippen molar-refractivity contribution in [1.82, 2.24) is 5.32 Å². The van der Waals surface area contributed by atoms with Crippen LogP contribution in [0, 0.1) is 5.82 Å². The van der Waals surface area contributed by atoms with Gasteiger partial charge >= 0.3 is 5.97 Å². The third kappa shape index (κ3) is 5.86. The van der Waals surface area contributed by atoms with Crippen molar-refractivity contribution >= 4 is 29.5 Å². The minimum absolute atomic E-state index is 0.0181. The second kappa shape index (κ2) is 9.12. The zero-order valence-electron chi connectivity index (χ0n) is 14.0. The molecule has 2 amide bonds. The largest absolute Gasteiger partial charge is 0.451 e. The van der Waals surface area contributed by atoms with Crippen LogP contribution in [0.15, 0.2) is 60.3 Å². The van der Waals surface area contributed by atoms with E-state index in [1.165, 1.54) is 31.2 Å². The number of hydrogen-bond acceptors (Lipinski definition) is 4. The fraction of sp³-hybridized carbons (Fsp3) is 0.105. The lowest BCUT2D eigenvalue weighted by atomic mass is 10.2. The molecule has 2 rings (SSSR count). The number of rotatable bonds is 6. The van der Waals surface area contributed by atoms with Crippen molar-refractivity contribution in [2.75, 3.05) is 11.9 Å². The molecule has 0 fully saturated rings. The topological polar surface area (TPSA) is 84.5 Å². The zero-order valence-corrected chi connectivity index (χ0v) is 14.0. The molecule has 0 saturated heterocycles. The molecule has 0 unspecified atom stereocenters. The highest BCUT2D eigenvalue weighted by Crippen LogP contribution is 2.12. The average Bonchev–Trinajstić information content (AvgIpc) is 2.61. The molecule has 0 aromatic heterocycles. The van der Waals surface area contributed by atoms with Gasteiger partial charge in [-0.05, 0) is 23.8 Å². The Labute approximate surface area is 149 Å². The summed E-state index contributed by atoms with van der Waals surface area (Å²) in [5.74, 6) is -2.65. The Hall–Kier alpha value is -3.48. The molecule has 0 atom stereocenters. The summed E-state index contributed by atoms with van der Waals surface area (Å²) < 4.78 is 18.4. The van der Waals surface area contributed by atoms with Crippen LogP contribution in [-0.4, -0.2) is 24.4 Å². The monoisotopic (exact) mass is 356 g/mol. The Morgan fingerprint density at radius 2 is 1.69 bits per heavy atom. The average molecular weight is 356 g/mol. The summed E-state index contributed by atoms with van der Waals surface area (Å²) >= 11 is 0. The van der Waals surface area contributed by atoms with E-state index in [0.717, 1.165) is 0 Å². The lowest BCUT2D eigenvalue weighted by Crippen LogP contribution is -2.29. The first-order chi connectivity index (χ1) is 12.5. The Kier molecular flexibility index (Phi) is 6.61. The molecule has 0 bridgehead atoms. The maximum absolute atomic E-state index is 13.5. The summed E-state index contributed by atoms with van der Waals surface area (Å²) in [5.41, 5.74) is 0.543. The van der Waals surface area contributed by atoms with Crippen molar-refractivity contribution < 1.29 is 23.5 Å². The van der Waals surface area contributed by atoms with Crippen LogP contribution in [0.4, 0.5) is 10.1 Å². The Balaban J connectivity index is 2.00. The first-order valence-corrected chi connectivity index (χ1v) is 7.71. The zero-order chi connectivity index (χ0) is 18.9. The van der Waals surface area contributed by atoms with E-state index in [2.05, 4.69) is 10.6 Å². The number of halogens is 1. The molecule has 0 spiro atoms. The van der Waals surface area contributed by atoms with Crippen molar-refractivity contribution in [1.29, 1.82) is 0 Å². The van der Waals surface area contributed by atoms with E-state index in [0.29, 0.717) is 5.56 Å². The summed E-state index contributed by atoms with van der Waals surface area (Å²) in [6.45, 7) is 0.621. The molecule has 0 aliphatic heterocycles. The Bertz CT molecular complexity index is 834. The molecular formula is C19H17FN2O4. The number of nitrogens with one attached hydrogen (secondary N) is 2. The molecule has 0 radical (unpaired) electrons. The SMILES string of the molecule is CC(=O)N/C(=C/c1ccccc1)C(=O)OCC(=O)Nc1ccccc1F. The van der Waals surface area contributed by atoms with Crippen LogP contribution in [0.1, 0.15) is 12.5 Å². The van der Waals surface area contributed by atoms with Crippen molar-refractivity contribution in [2.45, 2.75) is 6.92 Å². The molecule has 2 N–H and O–H groups in total. The van der Waals surface area contributed by atoms with Gasteiger partial charge in [0.1, 0.15) is 11.5 Å². The molecule has 0 saturated carbocycles. The van der Waals surface area contributed by atoms with E-state index in [-0.39, 0.29) is 11.4 Å². The molecule has 7 heteroatoms. The standard InChI is InChI=1S/C19H17FN2O4/c1-13(23)21-17(11-14-7-3-2-4-8-14)19(25)26-12-18(24)22-16-10-6-5-9-15(16)20/h2-11H,12H2,1H3,(H,21,23)(H,22,24)/b17-11+. The lowest BCUT2D eigenvalue weighted by molar-refractivity contribution is -0.144. The molecule has 134 valence electrons. The van der Waals surface area contributed by atoms with Gasteiger partial charge in [0.15, 0.2) is 6.61 Å². The molecule has 2 aromatic rings. The highest BCUT2D eigenvalue weighted by molar-refractivity contribution is 5.99. The van der Waals surface area contributed by atoms with Gasteiger partial charge in [0, 0.05) is 6.92 Å². The predicted octanol–water partition coefficient (Wildman–Crippen LogP) is 2.48. The van der Waals surface area contributed by atoms with Gasteiger partial charge in [-0.2, -0.15) is 0 Å².